The van der Waals surface area contributed by atoms with Gasteiger partial charge in [0, 0.05) is 22.4 Å². The van der Waals surface area contributed by atoms with Crippen LogP contribution in [-0.2, 0) is 6.42 Å². The lowest BCUT2D eigenvalue weighted by atomic mass is 10.1. The van der Waals surface area contributed by atoms with Crippen LogP contribution in [0.4, 0.5) is 0 Å². The first kappa shape index (κ1) is 15.7. The van der Waals surface area contributed by atoms with Crippen LogP contribution in [-0.4, -0.2) is 30.1 Å². The van der Waals surface area contributed by atoms with Crippen molar-refractivity contribution in [1.82, 2.24) is 4.90 Å². The molecule has 0 aliphatic rings. The molecule has 1 unspecified atom stereocenters. The summed E-state index contributed by atoms with van der Waals surface area (Å²) in [5.74, 6) is 0. The van der Waals surface area contributed by atoms with Gasteiger partial charge < -0.3 is 10.0 Å². The topological polar surface area (TPSA) is 23.5 Å². The number of thiophene rings is 1. The number of aliphatic hydroxyl groups excluding tert-OH is 1. The molecule has 4 heteroatoms. The number of likely N-dealkylation sites (N-methyl/N-ethyl adjacent to an activating group) is 1. The smallest absolute Gasteiger partial charge is 0.0802 e. The predicted octanol–water partition coefficient (Wildman–Crippen LogP) is 4.11. The Morgan fingerprint density at radius 1 is 1.25 bits per heavy atom. The average molecular weight is 354 g/mol. The summed E-state index contributed by atoms with van der Waals surface area (Å²) in [5.41, 5.74) is 0.978. The molecule has 20 heavy (non-hydrogen) atoms. The Kier molecular flexibility index (Phi) is 6.23. The highest BCUT2D eigenvalue weighted by Gasteiger charge is 2.09. The van der Waals surface area contributed by atoms with Crippen LogP contribution in [0.2, 0.25) is 0 Å². The number of aliphatic hydroxyl groups is 1. The van der Waals surface area contributed by atoms with Crippen molar-refractivity contribution in [2.45, 2.75) is 18.9 Å². The van der Waals surface area contributed by atoms with Gasteiger partial charge in [-0.2, -0.15) is 0 Å². The Morgan fingerprint density at radius 2 is 2.10 bits per heavy atom. The summed E-state index contributed by atoms with van der Waals surface area (Å²) < 4.78 is 1.01. The van der Waals surface area contributed by atoms with Crippen molar-refractivity contribution in [3.8, 4) is 0 Å². The first-order valence-electron chi connectivity index (χ1n) is 6.79. The van der Waals surface area contributed by atoms with Gasteiger partial charge in [-0.3, -0.25) is 0 Å². The van der Waals surface area contributed by atoms with Crippen LogP contribution < -0.4 is 0 Å². The van der Waals surface area contributed by atoms with E-state index in [0.29, 0.717) is 0 Å². The van der Waals surface area contributed by atoms with E-state index in [2.05, 4.69) is 45.4 Å². The molecule has 1 heterocycles. The first-order chi connectivity index (χ1) is 9.65. The van der Waals surface area contributed by atoms with Gasteiger partial charge in [0.1, 0.15) is 0 Å². The molecule has 1 atom stereocenters. The minimum Gasteiger partial charge on any atom is -0.388 e. The summed E-state index contributed by atoms with van der Waals surface area (Å²) in [7, 11) is 2.11. The van der Waals surface area contributed by atoms with Crippen molar-refractivity contribution < 1.29 is 5.11 Å². The molecule has 2 aromatic rings. The van der Waals surface area contributed by atoms with Gasteiger partial charge in [-0.25, -0.2) is 0 Å². The monoisotopic (exact) mass is 353 g/mol. The molecule has 0 saturated heterocycles. The number of hydrogen-bond donors (Lipinski definition) is 1. The number of benzene rings is 1. The van der Waals surface area contributed by atoms with E-state index in [4.69, 9.17) is 0 Å². The van der Waals surface area contributed by atoms with Gasteiger partial charge in [0.15, 0.2) is 0 Å². The second kappa shape index (κ2) is 7.93. The maximum absolute atomic E-state index is 10.2. The van der Waals surface area contributed by atoms with Crippen LogP contribution in [0, 0.1) is 0 Å². The van der Waals surface area contributed by atoms with E-state index in [-0.39, 0.29) is 0 Å². The highest BCUT2D eigenvalue weighted by molar-refractivity contribution is 9.10. The Hall–Kier alpha value is -0.680. The lowest BCUT2D eigenvalue weighted by Crippen LogP contribution is -2.23. The fourth-order valence-electron chi connectivity index (χ4n) is 2.09. The predicted molar refractivity (Wildman–Crippen MR) is 89.2 cm³/mol. The maximum Gasteiger partial charge on any atom is 0.0802 e. The van der Waals surface area contributed by atoms with Crippen molar-refractivity contribution in [2.75, 3.05) is 20.1 Å². The van der Waals surface area contributed by atoms with Crippen molar-refractivity contribution in [3.05, 3.63) is 56.7 Å². The zero-order chi connectivity index (χ0) is 14.4. The molecule has 108 valence electrons. The third kappa shape index (κ3) is 5.02. The molecule has 0 bridgehead atoms. The zero-order valence-electron chi connectivity index (χ0n) is 11.6. The standard InChI is InChI=1S/C16H20BrNOS/c1-18(9-7-15-6-3-11-20-15)10-8-16(19)13-4-2-5-14(17)12-13/h2-6,11-12,16,19H,7-10H2,1H3. The lowest BCUT2D eigenvalue weighted by Gasteiger charge is -2.18. The summed E-state index contributed by atoms with van der Waals surface area (Å²) in [4.78, 5) is 3.70. The molecule has 0 spiro atoms. The van der Waals surface area contributed by atoms with Crippen molar-refractivity contribution in [2.24, 2.45) is 0 Å². The SMILES string of the molecule is CN(CCc1cccs1)CCC(O)c1cccc(Br)c1. The molecular formula is C16H20BrNOS. The van der Waals surface area contributed by atoms with Crippen LogP contribution in [0.3, 0.4) is 0 Å². The molecule has 0 radical (unpaired) electrons. The number of rotatable bonds is 7. The number of hydrogen-bond acceptors (Lipinski definition) is 3. The van der Waals surface area contributed by atoms with E-state index in [1.54, 1.807) is 11.3 Å². The van der Waals surface area contributed by atoms with Crippen molar-refractivity contribution in [3.63, 3.8) is 0 Å². The van der Waals surface area contributed by atoms with E-state index >= 15 is 0 Å². The maximum atomic E-state index is 10.2. The van der Waals surface area contributed by atoms with Gasteiger partial charge in [0.25, 0.3) is 0 Å². The van der Waals surface area contributed by atoms with E-state index < -0.39 is 6.10 Å². The quantitative estimate of drug-likeness (QED) is 0.809. The van der Waals surface area contributed by atoms with Crippen molar-refractivity contribution >= 4 is 27.3 Å². The van der Waals surface area contributed by atoms with Crippen LogP contribution >= 0.6 is 27.3 Å². The van der Waals surface area contributed by atoms with Crippen LogP contribution in [0.25, 0.3) is 0 Å². The number of halogens is 1. The molecule has 0 fully saturated rings. The van der Waals surface area contributed by atoms with E-state index in [1.165, 1.54) is 4.88 Å². The van der Waals surface area contributed by atoms with Gasteiger partial charge in [0.2, 0.25) is 0 Å². The fraction of sp³-hybridized carbons (Fsp3) is 0.375. The van der Waals surface area contributed by atoms with Crippen LogP contribution in [0.1, 0.15) is 23.0 Å². The summed E-state index contributed by atoms with van der Waals surface area (Å²) >= 11 is 5.24. The fourth-order valence-corrected chi connectivity index (χ4v) is 3.21. The summed E-state index contributed by atoms with van der Waals surface area (Å²) in [6.45, 7) is 1.94. The van der Waals surface area contributed by atoms with Crippen molar-refractivity contribution in [1.29, 1.82) is 0 Å². The van der Waals surface area contributed by atoms with E-state index in [9.17, 15) is 5.11 Å². The van der Waals surface area contributed by atoms with Crippen LogP contribution in [0.5, 0.6) is 0 Å². The molecule has 2 nitrogen and oxygen atoms in total. The summed E-state index contributed by atoms with van der Waals surface area (Å²) in [6, 6.07) is 12.2. The molecule has 0 aliphatic heterocycles. The van der Waals surface area contributed by atoms with Gasteiger partial charge in [0.05, 0.1) is 6.10 Å². The van der Waals surface area contributed by atoms with Gasteiger partial charge in [-0.05, 0) is 49.0 Å². The zero-order valence-corrected chi connectivity index (χ0v) is 14.0. The Bertz CT molecular complexity index is 515. The molecule has 1 N–H and O–H groups in total. The highest BCUT2D eigenvalue weighted by atomic mass is 79.9. The normalized spacial score (nSPS) is 12.8. The third-order valence-corrected chi connectivity index (χ3v) is 4.77. The molecular weight excluding hydrogens is 334 g/mol. The lowest BCUT2D eigenvalue weighted by molar-refractivity contribution is 0.149. The van der Waals surface area contributed by atoms with Gasteiger partial charge in [-0.1, -0.05) is 34.1 Å². The third-order valence-electron chi connectivity index (χ3n) is 3.34. The molecule has 1 aromatic carbocycles. The van der Waals surface area contributed by atoms with Gasteiger partial charge >= 0.3 is 0 Å². The Morgan fingerprint density at radius 3 is 2.80 bits per heavy atom. The molecule has 1 aromatic heterocycles. The molecule has 0 amide bonds. The highest BCUT2D eigenvalue weighted by Crippen LogP contribution is 2.20. The van der Waals surface area contributed by atoms with E-state index in [1.807, 2.05) is 24.3 Å². The second-order valence-corrected chi connectivity index (χ2v) is 6.94. The molecule has 0 aliphatic carbocycles. The Balaban J connectivity index is 1.73. The Labute approximate surface area is 133 Å². The molecule has 0 saturated carbocycles. The summed E-state index contributed by atoms with van der Waals surface area (Å²) in [6.07, 6.45) is 1.45. The molecule has 2 rings (SSSR count). The second-order valence-electron chi connectivity index (χ2n) is 4.99. The van der Waals surface area contributed by atoms with E-state index in [0.717, 1.165) is 36.0 Å². The largest absolute Gasteiger partial charge is 0.388 e. The van der Waals surface area contributed by atoms with Gasteiger partial charge in [-0.15, -0.1) is 11.3 Å². The minimum atomic E-state index is -0.392. The first-order valence-corrected chi connectivity index (χ1v) is 8.47. The number of nitrogens with zero attached hydrogens (tertiary/aromatic N) is 1. The van der Waals surface area contributed by atoms with Crippen LogP contribution in [0.15, 0.2) is 46.3 Å². The summed E-state index contributed by atoms with van der Waals surface area (Å²) in [5, 5.41) is 12.3. The average Bonchev–Trinajstić information content (AvgIpc) is 2.95. The minimum absolute atomic E-state index is 0.392.